The average molecular weight is 378 g/mol. The number of aryl methyl sites for hydroxylation is 1. The summed E-state index contributed by atoms with van der Waals surface area (Å²) in [6.45, 7) is 5.01. The summed E-state index contributed by atoms with van der Waals surface area (Å²) < 4.78 is 14.3. The number of carbonyl (C=O) groups excluding carboxylic acids is 1. The molecule has 2 rings (SSSR count). The molecular weight excluding hydrogens is 351 g/mol. The van der Waals surface area contributed by atoms with Crippen molar-refractivity contribution in [3.63, 3.8) is 0 Å². The zero-order chi connectivity index (χ0) is 20.2. The molecular formula is C20H27FN2O4. The van der Waals surface area contributed by atoms with Gasteiger partial charge in [-0.3, -0.25) is 4.79 Å². The average Bonchev–Trinajstić information content (AvgIpc) is 2.97. The molecule has 1 aromatic carbocycles. The van der Waals surface area contributed by atoms with Gasteiger partial charge in [0.1, 0.15) is 12.7 Å². The zero-order valence-corrected chi connectivity index (χ0v) is 15.9. The summed E-state index contributed by atoms with van der Waals surface area (Å²) in [6, 6.07) is 6.33. The fourth-order valence-electron chi connectivity index (χ4n) is 3.04. The molecule has 1 aromatic heterocycles. The molecule has 0 aliphatic carbocycles. The molecule has 2 aromatic rings. The van der Waals surface area contributed by atoms with Gasteiger partial charge in [0.05, 0.1) is 11.7 Å². The molecule has 148 valence electrons. The van der Waals surface area contributed by atoms with Crippen LogP contribution in [-0.2, 0) is 11.3 Å². The summed E-state index contributed by atoms with van der Waals surface area (Å²) in [5.41, 5.74) is 0.592. The second-order valence-electron chi connectivity index (χ2n) is 7.81. The van der Waals surface area contributed by atoms with Crippen molar-refractivity contribution in [1.29, 1.82) is 0 Å². The highest BCUT2D eigenvalue weighted by Gasteiger charge is 2.33. The van der Waals surface area contributed by atoms with Crippen molar-refractivity contribution >= 4 is 22.8 Å². The molecule has 2 atom stereocenters. The number of carboxylic acids is 1. The number of nitrogens with one attached hydrogen (secondary N) is 1. The smallest absolute Gasteiger partial charge is 0.326 e. The number of alkyl halides is 1. The number of amides is 1. The van der Waals surface area contributed by atoms with E-state index in [-0.39, 0.29) is 0 Å². The fraction of sp³-hybridized carbons (Fsp3) is 0.500. The number of aliphatic hydroxyl groups is 1. The van der Waals surface area contributed by atoms with Crippen molar-refractivity contribution in [2.45, 2.75) is 52.3 Å². The van der Waals surface area contributed by atoms with E-state index in [0.717, 1.165) is 10.9 Å². The number of hydrogen-bond donors (Lipinski definition) is 3. The first-order valence-electron chi connectivity index (χ1n) is 9.00. The minimum atomic E-state index is -1.08. The molecule has 0 bridgehead atoms. The molecule has 1 amide bonds. The van der Waals surface area contributed by atoms with Gasteiger partial charge in [-0.2, -0.15) is 0 Å². The van der Waals surface area contributed by atoms with Gasteiger partial charge in [0.2, 0.25) is 0 Å². The molecule has 1 heterocycles. The monoisotopic (exact) mass is 378 g/mol. The first-order valence-corrected chi connectivity index (χ1v) is 9.00. The van der Waals surface area contributed by atoms with Gasteiger partial charge in [0.15, 0.2) is 0 Å². The van der Waals surface area contributed by atoms with E-state index in [1.165, 1.54) is 0 Å². The summed E-state index contributed by atoms with van der Waals surface area (Å²) in [7, 11) is 0. The highest BCUT2D eigenvalue weighted by atomic mass is 19.1. The normalized spacial score (nSPS) is 14.1. The minimum absolute atomic E-state index is 0.329. The van der Waals surface area contributed by atoms with Crippen LogP contribution in [0.5, 0.6) is 0 Å². The van der Waals surface area contributed by atoms with Gasteiger partial charge < -0.3 is 20.1 Å². The van der Waals surface area contributed by atoms with Crippen molar-refractivity contribution < 1.29 is 24.2 Å². The number of fused-ring (bicyclic) bond motifs is 1. The Morgan fingerprint density at radius 2 is 1.93 bits per heavy atom. The van der Waals surface area contributed by atoms with E-state index in [2.05, 4.69) is 5.32 Å². The molecule has 3 N–H and O–H groups in total. The molecule has 1 unspecified atom stereocenters. The Morgan fingerprint density at radius 3 is 2.52 bits per heavy atom. The third kappa shape index (κ3) is 5.07. The maximum Gasteiger partial charge on any atom is 0.326 e. The number of halogens is 1. The van der Waals surface area contributed by atoms with E-state index in [0.29, 0.717) is 24.9 Å². The molecule has 0 spiro atoms. The maximum absolute atomic E-state index is 12.8. The number of nitrogens with zero attached hydrogens (tertiary/aromatic N) is 1. The Labute approximate surface area is 158 Å². The molecule has 27 heavy (non-hydrogen) atoms. The lowest BCUT2D eigenvalue weighted by Gasteiger charge is -2.27. The molecule has 0 aliphatic heterocycles. The van der Waals surface area contributed by atoms with Crippen molar-refractivity contribution in [2.75, 3.05) is 6.67 Å². The van der Waals surface area contributed by atoms with Gasteiger partial charge in [-0.05, 0) is 24.3 Å². The van der Waals surface area contributed by atoms with Crippen LogP contribution in [0.25, 0.3) is 10.9 Å². The van der Waals surface area contributed by atoms with Crippen LogP contribution in [0.2, 0.25) is 0 Å². The lowest BCUT2D eigenvalue weighted by molar-refractivity contribution is -0.142. The van der Waals surface area contributed by atoms with Crippen LogP contribution in [-0.4, -0.2) is 45.5 Å². The lowest BCUT2D eigenvalue weighted by atomic mass is 9.86. The minimum Gasteiger partial charge on any atom is -0.480 e. The Hall–Kier alpha value is -2.41. The molecule has 0 saturated heterocycles. The quantitative estimate of drug-likeness (QED) is 0.659. The first kappa shape index (κ1) is 20.9. The van der Waals surface area contributed by atoms with Gasteiger partial charge in [0.25, 0.3) is 5.91 Å². The number of aliphatic carboxylic acids is 1. The van der Waals surface area contributed by atoms with Gasteiger partial charge >= 0.3 is 5.97 Å². The molecule has 7 heteroatoms. The Kier molecular flexibility index (Phi) is 6.59. The predicted octanol–water partition coefficient (Wildman–Crippen LogP) is 2.98. The van der Waals surface area contributed by atoms with Crippen LogP contribution in [0.1, 0.15) is 44.0 Å². The van der Waals surface area contributed by atoms with E-state index in [4.69, 9.17) is 0 Å². The number of carboxylic acid groups (broad SMARTS) is 1. The third-order valence-corrected chi connectivity index (χ3v) is 4.54. The molecule has 0 radical (unpaired) electrons. The Bertz CT molecular complexity index is 810. The molecule has 6 nitrogen and oxygen atoms in total. The van der Waals surface area contributed by atoms with Crippen molar-refractivity contribution in [3.8, 4) is 0 Å². The van der Waals surface area contributed by atoms with Crippen LogP contribution < -0.4 is 5.32 Å². The number of aromatic nitrogens is 1. The molecule has 0 saturated carbocycles. The topological polar surface area (TPSA) is 91.6 Å². The largest absolute Gasteiger partial charge is 0.480 e. The van der Waals surface area contributed by atoms with E-state index < -0.39 is 36.1 Å². The van der Waals surface area contributed by atoms with Crippen molar-refractivity contribution in [1.82, 2.24) is 9.88 Å². The predicted molar refractivity (Wildman–Crippen MR) is 101 cm³/mol. The standard InChI is InChI=1S/C20H27FN2O4/c1-20(2,3)17(19(26)27)22-18(25)15-12-23(10-6-7-13(24)11-21)16-9-5-4-8-14(15)16/h4-5,8-9,12-13,17,24H,6-7,10-11H2,1-3H3,(H,22,25)(H,26,27)/t13?,17-/m1/s1. The van der Waals surface area contributed by atoms with Gasteiger partial charge in [-0.1, -0.05) is 39.0 Å². The zero-order valence-electron chi connectivity index (χ0n) is 15.9. The SMILES string of the molecule is CC(C)(C)[C@H](NC(=O)c1cn(CCCC(O)CF)c2ccccc12)C(=O)O. The number of rotatable bonds is 8. The van der Waals surface area contributed by atoms with Gasteiger partial charge in [0, 0.05) is 23.6 Å². The van der Waals surface area contributed by atoms with Crippen molar-refractivity contribution in [2.24, 2.45) is 5.41 Å². The van der Waals surface area contributed by atoms with Crippen LogP contribution >= 0.6 is 0 Å². The maximum atomic E-state index is 12.8. The number of para-hydroxylation sites is 1. The first-order chi connectivity index (χ1) is 12.6. The summed E-state index contributed by atoms with van der Waals surface area (Å²) in [5, 5.41) is 22.1. The van der Waals surface area contributed by atoms with Crippen LogP contribution in [0.15, 0.2) is 30.5 Å². The Balaban J connectivity index is 2.27. The second-order valence-corrected chi connectivity index (χ2v) is 7.81. The summed E-state index contributed by atoms with van der Waals surface area (Å²) in [4.78, 5) is 24.3. The second kappa shape index (κ2) is 8.52. The van der Waals surface area contributed by atoms with Crippen LogP contribution in [0, 0.1) is 5.41 Å². The van der Waals surface area contributed by atoms with Crippen LogP contribution in [0.4, 0.5) is 4.39 Å². The Morgan fingerprint density at radius 1 is 1.26 bits per heavy atom. The van der Waals surface area contributed by atoms with Crippen LogP contribution in [0.3, 0.4) is 0 Å². The number of hydrogen-bond acceptors (Lipinski definition) is 3. The highest BCUT2D eigenvalue weighted by molar-refractivity contribution is 6.08. The highest BCUT2D eigenvalue weighted by Crippen LogP contribution is 2.24. The lowest BCUT2D eigenvalue weighted by Crippen LogP contribution is -2.49. The van der Waals surface area contributed by atoms with Gasteiger partial charge in [-0.15, -0.1) is 0 Å². The fourth-order valence-corrected chi connectivity index (χ4v) is 3.04. The van der Waals surface area contributed by atoms with E-state index in [1.807, 2.05) is 28.8 Å². The van der Waals surface area contributed by atoms with E-state index in [9.17, 15) is 24.2 Å². The van der Waals surface area contributed by atoms with E-state index >= 15 is 0 Å². The van der Waals surface area contributed by atoms with Gasteiger partial charge in [-0.25, -0.2) is 9.18 Å². The van der Waals surface area contributed by atoms with Crippen molar-refractivity contribution in [3.05, 3.63) is 36.0 Å². The van der Waals surface area contributed by atoms with E-state index in [1.54, 1.807) is 27.0 Å². The molecule has 0 aliphatic rings. The summed E-state index contributed by atoms with van der Waals surface area (Å²) >= 11 is 0. The number of aliphatic hydroxyl groups excluding tert-OH is 1. The summed E-state index contributed by atoms with van der Waals surface area (Å²) in [6.07, 6.45) is 1.60. The third-order valence-electron chi connectivity index (χ3n) is 4.54. The molecule has 0 fully saturated rings. The number of benzene rings is 1. The summed E-state index contributed by atoms with van der Waals surface area (Å²) in [5.74, 6) is -1.53. The number of carbonyl (C=O) groups is 2.